The van der Waals surface area contributed by atoms with Crippen LogP contribution in [-0.4, -0.2) is 31.0 Å². The third-order valence-electron chi connectivity index (χ3n) is 4.05. The Labute approximate surface area is 177 Å². The molecule has 152 valence electrons. The summed E-state index contributed by atoms with van der Waals surface area (Å²) in [4.78, 5) is 16.4. The Balaban J connectivity index is 1.59. The number of nitrogens with one attached hydrogen (secondary N) is 1. The third-order valence-corrected chi connectivity index (χ3v) is 5.33. The average Bonchev–Trinajstić information content (AvgIpc) is 3.02. The van der Waals surface area contributed by atoms with Crippen molar-refractivity contribution in [3.63, 3.8) is 0 Å². The molecular weight excluding hydrogens is 412 g/mol. The molecule has 3 aromatic rings. The van der Waals surface area contributed by atoms with E-state index in [0.717, 1.165) is 16.9 Å². The fourth-order valence-electron chi connectivity index (χ4n) is 2.48. The Morgan fingerprint density at radius 1 is 1.31 bits per heavy atom. The molecule has 29 heavy (non-hydrogen) atoms. The highest BCUT2D eigenvalue weighted by atomic mass is 35.5. The SMILES string of the molecule is Cc1ccc(OCc2nnc(S[C@@H](C)C(=O)Nc3ccc(Cl)cn3)n2N)c(C)c1. The molecule has 0 spiro atoms. The van der Waals surface area contributed by atoms with E-state index in [-0.39, 0.29) is 12.5 Å². The summed E-state index contributed by atoms with van der Waals surface area (Å²) < 4.78 is 7.13. The Hall–Kier alpha value is -2.78. The highest BCUT2D eigenvalue weighted by Gasteiger charge is 2.20. The molecule has 1 atom stereocenters. The monoisotopic (exact) mass is 432 g/mol. The van der Waals surface area contributed by atoms with Crippen LogP contribution in [-0.2, 0) is 11.4 Å². The van der Waals surface area contributed by atoms with Gasteiger partial charge in [0.25, 0.3) is 0 Å². The second-order valence-corrected chi connectivity index (χ2v) is 8.18. The molecule has 0 aliphatic heterocycles. The summed E-state index contributed by atoms with van der Waals surface area (Å²) in [6.07, 6.45) is 1.47. The van der Waals surface area contributed by atoms with Gasteiger partial charge in [0.1, 0.15) is 18.2 Å². The van der Waals surface area contributed by atoms with E-state index in [2.05, 4.69) is 20.5 Å². The Morgan fingerprint density at radius 2 is 2.10 bits per heavy atom. The lowest BCUT2D eigenvalue weighted by atomic mass is 10.1. The molecular formula is C19H21ClN6O2S. The number of carbonyl (C=O) groups excluding carboxylic acids is 1. The summed E-state index contributed by atoms with van der Waals surface area (Å²) in [6.45, 7) is 5.92. The number of anilines is 1. The van der Waals surface area contributed by atoms with Gasteiger partial charge in [0, 0.05) is 6.20 Å². The molecule has 0 bridgehead atoms. The van der Waals surface area contributed by atoms with Crippen LogP contribution in [0.1, 0.15) is 23.9 Å². The standard InChI is InChI=1S/C19H21ClN6O2S/c1-11-4-6-15(12(2)8-11)28-10-17-24-25-19(26(17)21)29-13(3)18(27)23-16-7-5-14(20)9-22-16/h4-9,13H,10,21H2,1-3H3,(H,22,23,27)/t13-/m0/s1. The molecule has 2 aromatic heterocycles. The molecule has 0 aliphatic rings. The van der Waals surface area contributed by atoms with Crippen molar-refractivity contribution in [3.05, 3.63) is 58.5 Å². The predicted molar refractivity (Wildman–Crippen MR) is 114 cm³/mol. The number of rotatable bonds is 7. The van der Waals surface area contributed by atoms with Gasteiger partial charge in [0.2, 0.25) is 11.1 Å². The van der Waals surface area contributed by atoms with E-state index < -0.39 is 5.25 Å². The number of halogens is 1. The van der Waals surface area contributed by atoms with E-state index in [1.54, 1.807) is 19.1 Å². The van der Waals surface area contributed by atoms with E-state index in [4.69, 9.17) is 22.2 Å². The largest absolute Gasteiger partial charge is 0.485 e. The van der Waals surface area contributed by atoms with Crippen molar-refractivity contribution in [2.75, 3.05) is 11.2 Å². The number of ether oxygens (including phenoxy) is 1. The van der Waals surface area contributed by atoms with Crippen molar-refractivity contribution in [2.24, 2.45) is 0 Å². The van der Waals surface area contributed by atoms with Gasteiger partial charge in [-0.05, 0) is 44.5 Å². The predicted octanol–water partition coefficient (Wildman–Crippen LogP) is 3.36. The molecule has 3 rings (SSSR count). The number of aromatic nitrogens is 4. The minimum absolute atomic E-state index is 0.170. The maximum atomic E-state index is 12.4. The first-order valence-corrected chi connectivity index (χ1v) is 10.1. The van der Waals surface area contributed by atoms with Crippen molar-refractivity contribution in [1.29, 1.82) is 0 Å². The molecule has 1 aromatic carbocycles. The number of nitrogen functional groups attached to an aromatic ring is 1. The van der Waals surface area contributed by atoms with Crippen molar-refractivity contribution in [1.82, 2.24) is 19.9 Å². The van der Waals surface area contributed by atoms with Gasteiger partial charge < -0.3 is 15.9 Å². The van der Waals surface area contributed by atoms with Crippen molar-refractivity contribution >= 4 is 35.1 Å². The quantitative estimate of drug-likeness (QED) is 0.435. The van der Waals surface area contributed by atoms with Crippen LogP contribution in [0.15, 0.2) is 41.7 Å². The number of aryl methyl sites for hydroxylation is 2. The molecule has 0 radical (unpaired) electrons. The Kier molecular flexibility index (Phi) is 6.60. The number of carbonyl (C=O) groups is 1. The summed E-state index contributed by atoms with van der Waals surface area (Å²) in [5.74, 6) is 7.48. The minimum Gasteiger partial charge on any atom is -0.485 e. The number of nitrogens with zero attached hydrogens (tertiary/aromatic N) is 4. The number of nitrogens with two attached hydrogens (primary N) is 1. The van der Waals surface area contributed by atoms with Crippen LogP contribution in [0.4, 0.5) is 5.82 Å². The summed E-state index contributed by atoms with van der Waals surface area (Å²) in [6, 6.07) is 9.22. The third kappa shape index (κ3) is 5.39. The minimum atomic E-state index is -0.466. The Bertz CT molecular complexity index is 1010. The topological polar surface area (TPSA) is 108 Å². The highest BCUT2D eigenvalue weighted by Crippen LogP contribution is 2.23. The zero-order valence-electron chi connectivity index (χ0n) is 16.2. The van der Waals surface area contributed by atoms with Gasteiger partial charge in [-0.2, -0.15) is 0 Å². The summed E-state index contributed by atoms with van der Waals surface area (Å²) in [5, 5.41) is 11.3. The summed E-state index contributed by atoms with van der Waals surface area (Å²) in [5.41, 5.74) is 2.19. The fraction of sp³-hybridized carbons (Fsp3) is 0.263. The van der Waals surface area contributed by atoms with Crippen LogP contribution in [0.25, 0.3) is 0 Å². The molecule has 8 nitrogen and oxygen atoms in total. The fourth-order valence-corrected chi connectivity index (χ4v) is 3.38. The first-order valence-electron chi connectivity index (χ1n) is 8.82. The smallest absolute Gasteiger partial charge is 0.238 e. The average molecular weight is 433 g/mol. The maximum Gasteiger partial charge on any atom is 0.238 e. The van der Waals surface area contributed by atoms with Crippen molar-refractivity contribution in [2.45, 2.75) is 37.8 Å². The lowest BCUT2D eigenvalue weighted by Crippen LogP contribution is -2.24. The van der Waals surface area contributed by atoms with E-state index in [9.17, 15) is 4.79 Å². The molecule has 0 aliphatic carbocycles. The molecule has 1 amide bonds. The number of pyridine rings is 1. The first kappa shape index (κ1) is 20.9. The number of amides is 1. The number of benzene rings is 1. The zero-order valence-corrected chi connectivity index (χ0v) is 17.8. The molecule has 0 unspecified atom stereocenters. The van der Waals surface area contributed by atoms with E-state index >= 15 is 0 Å². The molecule has 0 saturated carbocycles. The van der Waals surface area contributed by atoms with E-state index in [0.29, 0.717) is 21.8 Å². The highest BCUT2D eigenvalue weighted by molar-refractivity contribution is 8.00. The van der Waals surface area contributed by atoms with Gasteiger partial charge in [-0.25, -0.2) is 9.66 Å². The van der Waals surface area contributed by atoms with E-state index in [1.807, 2.05) is 32.0 Å². The second-order valence-electron chi connectivity index (χ2n) is 6.44. The number of hydrogen-bond acceptors (Lipinski definition) is 7. The molecule has 0 fully saturated rings. The van der Waals surface area contributed by atoms with Crippen molar-refractivity contribution < 1.29 is 9.53 Å². The van der Waals surface area contributed by atoms with Crippen LogP contribution in [0.5, 0.6) is 5.75 Å². The zero-order chi connectivity index (χ0) is 21.0. The van der Waals surface area contributed by atoms with Crippen LogP contribution in [0, 0.1) is 13.8 Å². The summed E-state index contributed by atoms with van der Waals surface area (Å²) in [7, 11) is 0. The Morgan fingerprint density at radius 3 is 2.79 bits per heavy atom. The first-order chi connectivity index (χ1) is 13.8. The van der Waals surface area contributed by atoms with Crippen LogP contribution in [0.3, 0.4) is 0 Å². The lowest BCUT2D eigenvalue weighted by Gasteiger charge is -2.11. The van der Waals surface area contributed by atoms with Crippen LogP contribution < -0.4 is 15.9 Å². The van der Waals surface area contributed by atoms with Gasteiger partial charge >= 0.3 is 0 Å². The van der Waals surface area contributed by atoms with Gasteiger partial charge in [0.15, 0.2) is 5.82 Å². The second kappa shape index (κ2) is 9.15. The summed E-state index contributed by atoms with van der Waals surface area (Å²) >= 11 is 6.99. The van der Waals surface area contributed by atoms with Crippen LogP contribution in [0.2, 0.25) is 5.02 Å². The molecule has 3 N–H and O–H groups in total. The van der Waals surface area contributed by atoms with Crippen LogP contribution >= 0.6 is 23.4 Å². The normalized spacial score (nSPS) is 11.9. The number of hydrogen-bond donors (Lipinski definition) is 2. The van der Waals surface area contributed by atoms with Gasteiger partial charge in [-0.15, -0.1) is 10.2 Å². The van der Waals surface area contributed by atoms with E-state index in [1.165, 1.54) is 22.6 Å². The van der Waals surface area contributed by atoms with Gasteiger partial charge in [-0.1, -0.05) is 41.1 Å². The van der Waals surface area contributed by atoms with Crippen molar-refractivity contribution in [3.8, 4) is 5.75 Å². The van der Waals surface area contributed by atoms with Gasteiger partial charge in [0.05, 0.1) is 10.3 Å². The van der Waals surface area contributed by atoms with Gasteiger partial charge in [-0.3, -0.25) is 4.79 Å². The molecule has 2 heterocycles. The maximum absolute atomic E-state index is 12.4. The number of thioether (sulfide) groups is 1. The lowest BCUT2D eigenvalue weighted by molar-refractivity contribution is -0.115. The molecule has 10 heteroatoms. The molecule has 0 saturated heterocycles.